The van der Waals surface area contributed by atoms with Crippen molar-refractivity contribution < 1.29 is 13.6 Å². The van der Waals surface area contributed by atoms with Gasteiger partial charge in [0.1, 0.15) is 0 Å². The zero-order valence-corrected chi connectivity index (χ0v) is 12.6. The van der Waals surface area contributed by atoms with Gasteiger partial charge in [-0.2, -0.15) is 0 Å². The number of aryl methyl sites for hydroxylation is 1. The molecule has 0 aromatic heterocycles. The molecule has 3 nitrogen and oxygen atoms in total. The highest BCUT2D eigenvalue weighted by Gasteiger charge is 2.22. The van der Waals surface area contributed by atoms with Crippen molar-refractivity contribution in [2.45, 2.75) is 31.7 Å². The summed E-state index contributed by atoms with van der Waals surface area (Å²) in [5, 5.41) is 2.92. The monoisotopic (exact) mass is 316 g/mol. The Morgan fingerprint density at radius 3 is 2.91 bits per heavy atom. The highest BCUT2D eigenvalue weighted by atomic mass is 19.2. The van der Waals surface area contributed by atoms with Crippen LogP contribution >= 0.6 is 0 Å². The van der Waals surface area contributed by atoms with E-state index >= 15 is 0 Å². The lowest BCUT2D eigenvalue weighted by molar-refractivity contribution is -0.121. The number of nitrogens with one attached hydrogen (secondary N) is 1. The van der Waals surface area contributed by atoms with E-state index in [0.29, 0.717) is 5.69 Å². The van der Waals surface area contributed by atoms with E-state index in [4.69, 9.17) is 5.73 Å². The van der Waals surface area contributed by atoms with Gasteiger partial charge in [-0.05, 0) is 48.6 Å². The first-order chi connectivity index (χ1) is 11.0. The fourth-order valence-corrected chi connectivity index (χ4v) is 3.09. The van der Waals surface area contributed by atoms with Crippen LogP contribution in [0.15, 0.2) is 36.4 Å². The average molecular weight is 316 g/mol. The van der Waals surface area contributed by atoms with Gasteiger partial charge < -0.3 is 11.1 Å². The normalized spacial score (nSPS) is 16.7. The van der Waals surface area contributed by atoms with Crippen molar-refractivity contribution in [2.24, 2.45) is 0 Å². The lowest BCUT2D eigenvalue weighted by Crippen LogP contribution is -2.32. The molecule has 2 aromatic carbocycles. The maximum absolute atomic E-state index is 13.7. The third kappa shape index (κ3) is 3.33. The van der Waals surface area contributed by atoms with Gasteiger partial charge in [-0.3, -0.25) is 4.79 Å². The molecule has 1 amide bonds. The van der Waals surface area contributed by atoms with Crippen molar-refractivity contribution >= 4 is 11.6 Å². The fraction of sp³-hybridized carbons (Fsp3) is 0.278. The van der Waals surface area contributed by atoms with Crippen molar-refractivity contribution in [1.82, 2.24) is 5.32 Å². The molecule has 0 heterocycles. The lowest BCUT2D eigenvalue weighted by Gasteiger charge is -2.26. The van der Waals surface area contributed by atoms with Gasteiger partial charge in [0.25, 0.3) is 0 Å². The van der Waals surface area contributed by atoms with Gasteiger partial charge in [-0.25, -0.2) is 8.78 Å². The van der Waals surface area contributed by atoms with Crippen LogP contribution in [0.3, 0.4) is 0 Å². The van der Waals surface area contributed by atoms with Crippen LogP contribution in [0, 0.1) is 11.6 Å². The molecule has 3 rings (SSSR count). The highest BCUT2D eigenvalue weighted by molar-refractivity contribution is 5.79. The molecule has 2 aromatic rings. The minimum absolute atomic E-state index is 0.0656. The second-order valence-electron chi connectivity index (χ2n) is 5.86. The number of nitrogens with two attached hydrogens (primary N) is 1. The summed E-state index contributed by atoms with van der Waals surface area (Å²) in [5.41, 5.74) is 8.76. The second kappa shape index (κ2) is 6.36. The number of hydrogen-bond acceptors (Lipinski definition) is 2. The fourth-order valence-electron chi connectivity index (χ4n) is 3.09. The second-order valence-corrected chi connectivity index (χ2v) is 5.86. The lowest BCUT2D eigenvalue weighted by atomic mass is 9.87. The third-order valence-corrected chi connectivity index (χ3v) is 4.20. The van der Waals surface area contributed by atoms with Gasteiger partial charge in [0, 0.05) is 11.3 Å². The number of anilines is 1. The number of rotatable bonds is 3. The molecule has 0 aliphatic heterocycles. The number of benzene rings is 2. The molecule has 5 heteroatoms. The molecular formula is C18H18F2N2O. The number of hydrogen-bond donors (Lipinski definition) is 2. The van der Waals surface area contributed by atoms with Gasteiger partial charge in [0.05, 0.1) is 12.5 Å². The summed E-state index contributed by atoms with van der Waals surface area (Å²) in [6.07, 6.45) is 2.54. The first-order valence-corrected chi connectivity index (χ1v) is 7.65. The molecule has 23 heavy (non-hydrogen) atoms. The van der Waals surface area contributed by atoms with Crippen molar-refractivity contribution in [3.63, 3.8) is 0 Å². The summed E-state index contributed by atoms with van der Waals surface area (Å²) in [4.78, 5) is 12.2. The predicted octanol–water partition coefficient (Wildman–Crippen LogP) is 3.28. The van der Waals surface area contributed by atoms with Crippen LogP contribution in [-0.4, -0.2) is 5.91 Å². The van der Waals surface area contributed by atoms with Crippen LogP contribution in [-0.2, 0) is 17.6 Å². The Kier molecular flexibility index (Phi) is 4.28. The molecular weight excluding hydrogens is 298 g/mol. The van der Waals surface area contributed by atoms with Crippen LogP contribution in [0.2, 0.25) is 0 Å². The van der Waals surface area contributed by atoms with E-state index in [1.54, 1.807) is 0 Å². The molecule has 120 valence electrons. The Morgan fingerprint density at radius 2 is 2.09 bits per heavy atom. The van der Waals surface area contributed by atoms with Crippen LogP contribution in [0.5, 0.6) is 0 Å². The van der Waals surface area contributed by atoms with Crippen molar-refractivity contribution in [3.8, 4) is 0 Å². The molecule has 0 bridgehead atoms. The number of carbonyl (C=O) groups is 1. The topological polar surface area (TPSA) is 55.1 Å². The van der Waals surface area contributed by atoms with Gasteiger partial charge in [-0.15, -0.1) is 0 Å². The zero-order valence-electron chi connectivity index (χ0n) is 12.6. The van der Waals surface area contributed by atoms with Crippen LogP contribution < -0.4 is 11.1 Å². The van der Waals surface area contributed by atoms with Crippen LogP contribution in [0.25, 0.3) is 0 Å². The Labute approximate surface area is 133 Å². The van der Waals surface area contributed by atoms with Gasteiger partial charge in [0.15, 0.2) is 11.6 Å². The summed E-state index contributed by atoms with van der Waals surface area (Å²) >= 11 is 0. The summed E-state index contributed by atoms with van der Waals surface area (Å²) in [6, 6.07) is 9.43. The van der Waals surface area contributed by atoms with Gasteiger partial charge in [-0.1, -0.05) is 18.2 Å². The van der Waals surface area contributed by atoms with Gasteiger partial charge in [0.2, 0.25) is 5.91 Å². The Balaban J connectivity index is 1.73. The van der Waals surface area contributed by atoms with E-state index in [1.807, 2.05) is 18.2 Å². The van der Waals surface area contributed by atoms with E-state index in [1.165, 1.54) is 12.1 Å². The molecule has 1 atom stereocenters. The molecule has 0 spiro atoms. The molecule has 0 radical (unpaired) electrons. The van der Waals surface area contributed by atoms with E-state index in [2.05, 4.69) is 5.32 Å². The minimum atomic E-state index is -0.959. The van der Waals surface area contributed by atoms with Gasteiger partial charge >= 0.3 is 0 Å². The molecule has 1 aliphatic rings. The number of amides is 1. The Hall–Kier alpha value is -2.43. The standard InChI is InChI=1S/C18H18F2N2O/c19-15-5-1-4-12(18(15)20)10-17(23)22-16-6-2-3-11-9-13(21)7-8-14(11)16/h1,4-5,7-9,16H,2-3,6,10,21H2,(H,22,23). The van der Waals surface area contributed by atoms with Crippen LogP contribution in [0.1, 0.15) is 35.6 Å². The minimum Gasteiger partial charge on any atom is -0.399 e. The first kappa shape index (κ1) is 15.5. The molecule has 3 N–H and O–H groups in total. The summed E-state index contributed by atoms with van der Waals surface area (Å²) in [6.45, 7) is 0. The summed E-state index contributed by atoms with van der Waals surface area (Å²) < 4.78 is 26.9. The van der Waals surface area contributed by atoms with E-state index in [0.717, 1.165) is 36.5 Å². The summed E-state index contributed by atoms with van der Waals surface area (Å²) in [5.74, 6) is -2.21. The van der Waals surface area contributed by atoms with E-state index < -0.39 is 11.6 Å². The zero-order chi connectivity index (χ0) is 16.4. The number of fused-ring (bicyclic) bond motifs is 1. The smallest absolute Gasteiger partial charge is 0.225 e. The summed E-state index contributed by atoms with van der Waals surface area (Å²) in [7, 11) is 0. The van der Waals surface area contributed by atoms with E-state index in [9.17, 15) is 13.6 Å². The average Bonchev–Trinajstić information content (AvgIpc) is 2.52. The maximum atomic E-state index is 13.7. The molecule has 1 unspecified atom stereocenters. The largest absolute Gasteiger partial charge is 0.399 e. The van der Waals surface area contributed by atoms with Crippen LogP contribution in [0.4, 0.5) is 14.5 Å². The number of carbonyl (C=O) groups excluding carboxylic acids is 1. The quantitative estimate of drug-likeness (QED) is 0.854. The number of nitrogen functional groups attached to an aromatic ring is 1. The molecule has 0 saturated heterocycles. The molecule has 0 fully saturated rings. The highest BCUT2D eigenvalue weighted by Crippen LogP contribution is 2.31. The molecule has 0 saturated carbocycles. The van der Waals surface area contributed by atoms with Crippen molar-refractivity contribution in [1.29, 1.82) is 0 Å². The first-order valence-electron chi connectivity index (χ1n) is 7.65. The molecule has 1 aliphatic carbocycles. The van der Waals surface area contributed by atoms with Crippen molar-refractivity contribution in [2.75, 3.05) is 5.73 Å². The Bertz CT molecular complexity index is 746. The Morgan fingerprint density at radius 1 is 1.26 bits per heavy atom. The number of halogens is 2. The van der Waals surface area contributed by atoms with E-state index in [-0.39, 0.29) is 23.9 Å². The predicted molar refractivity (Wildman–Crippen MR) is 84.7 cm³/mol. The van der Waals surface area contributed by atoms with Crippen molar-refractivity contribution in [3.05, 3.63) is 64.7 Å². The maximum Gasteiger partial charge on any atom is 0.225 e. The third-order valence-electron chi connectivity index (χ3n) is 4.20. The SMILES string of the molecule is Nc1ccc2c(c1)CCCC2NC(=O)Cc1cccc(F)c1F.